The Morgan fingerprint density at radius 2 is 1.89 bits per heavy atom. The third-order valence-corrected chi connectivity index (χ3v) is 4.62. The van der Waals surface area contributed by atoms with Gasteiger partial charge in [-0.05, 0) is 24.8 Å². The first-order valence-corrected chi connectivity index (χ1v) is 8.32. The van der Waals surface area contributed by atoms with Crippen molar-refractivity contribution < 1.29 is 4.79 Å². The smallest absolute Gasteiger partial charge is 0.223 e. The van der Waals surface area contributed by atoms with Crippen LogP contribution in [0, 0.1) is 5.92 Å². The Morgan fingerprint density at radius 3 is 2.53 bits per heavy atom. The van der Waals surface area contributed by atoms with Crippen LogP contribution in [0.15, 0.2) is 30.3 Å². The second-order valence-electron chi connectivity index (χ2n) is 5.38. The summed E-state index contributed by atoms with van der Waals surface area (Å²) >= 11 is 3.51. The zero-order chi connectivity index (χ0) is 13.5. The van der Waals surface area contributed by atoms with Gasteiger partial charge in [-0.3, -0.25) is 4.79 Å². The summed E-state index contributed by atoms with van der Waals surface area (Å²) < 4.78 is 0. The predicted molar refractivity (Wildman–Crippen MR) is 82.4 cm³/mol. The van der Waals surface area contributed by atoms with E-state index in [1.807, 2.05) is 18.2 Å². The summed E-state index contributed by atoms with van der Waals surface area (Å²) in [5.74, 6) is 0.492. The second kappa shape index (κ2) is 7.68. The molecule has 0 aromatic heterocycles. The maximum atomic E-state index is 12.2. The van der Waals surface area contributed by atoms with E-state index >= 15 is 0 Å². The topological polar surface area (TPSA) is 29.1 Å². The van der Waals surface area contributed by atoms with E-state index in [4.69, 9.17) is 0 Å². The van der Waals surface area contributed by atoms with Crippen LogP contribution >= 0.6 is 15.9 Å². The van der Waals surface area contributed by atoms with Crippen LogP contribution in [-0.4, -0.2) is 17.3 Å². The third kappa shape index (κ3) is 4.64. The van der Waals surface area contributed by atoms with Crippen molar-refractivity contribution in [2.24, 2.45) is 5.92 Å². The number of alkyl halides is 1. The van der Waals surface area contributed by atoms with Crippen molar-refractivity contribution >= 4 is 21.8 Å². The monoisotopic (exact) mass is 323 g/mol. The SMILES string of the molecule is O=C(NC(CBr)Cc1ccccc1)C1CCCCC1. The van der Waals surface area contributed by atoms with Crippen LogP contribution < -0.4 is 5.32 Å². The molecule has 0 aliphatic heterocycles. The number of hydrogen-bond acceptors (Lipinski definition) is 1. The highest BCUT2D eigenvalue weighted by atomic mass is 79.9. The van der Waals surface area contributed by atoms with Crippen LogP contribution in [0.1, 0.15) is 37.7 Å². The van der Waals surface area contributed by atoms with E-state index in [-0.39, 0.29) is 17.9 Å². The summed E-state index contributed by atoms with van der Waals surface area (Å²) in [6.07, 6.45) is 6.71. The number of carbonyl (C=O) groups is 1. The average molecular weight is 324 g/mol. The Morgan fingerprint density at radius 1 is 1.21 bits per heavy atom. The highest BCUT2D eigenvalue weighted by Gasteiger charge is 2.23. The number of benzene rings is 1. The van der Waals surface area contributed by atoms with Gasteiger partial charge in [0.1, 0.15) is 0 Å². The van der Waals surface area contributed by atoms with E-state index < -0.39 is 0 Å². The van der Waals surface area contributed by atoms with Crippen LogP contribution in [0.2, 0.25) is 0 Å². The van der Waals surface area contributed by atoms with Crippen molar-refractivity contribution in [3.8, 4) is 0 Å². The maximum Gasteiger partial charge on any atom is 0.223 e. The maximum absolute atomic E-state index is 12.2. The van der Waals surface area contributed by atoms with Gasteiger partial charge in [0.15, 0.2) is 0 Å². The number of halogens is 1. The van der Waals surface area contributed by atoms with Crippen LogP contribution in [0.3, 0.4) is 0 Å². The molecule has 2 rings (SSSR count). The zero-order valence-corrected chi connectivity index (χ0v) is 12.9. The van der Waals surface area contributed by atoms with Gasteiger partial charge in [-0.15, -0.1) is 0 Å². The van der Waals surface area contributed by atoms with Crippen LogP contribution in [0.25, 0.3) is 0 Å². The normalized spacial score (nSPS) is 17.9. The van der Waals surface area contributed by atoms with Crippen LogP contribution in [0.5, 0.6) is 0 Å². The molecule has 0 radical (unpaired) electrons. The molecule has 1 aliphatic rings. The van der Waals surface area contributed by atoms with Gasteiger partial charge in [-0.1, -0.05) is 65.5 Å². The summed E-state index contributed by atoms with van der Waals surface area (Å²) in [6.45, 7) is 0. The van der Waals surface area contributed by atoms with Gasteiger partial charge in [-0.25, -0.2) is 0 Å². The fourth-order valence-corrected chi connectivity index (χ4v) is 3.12. The number of rotatable bonds is 5. The Balaban J connectivity index is 1.86. The molecule has 0 bridgehead atoms. The molecule has 1 aliphatic carbocycles. The largest absolute Gasteiger partial charge is 0.352 e. The van der Waals surface area contributed by atoms with Crippen LogP contribution in [-0.2, 0) is 11.2 Å². The van der Waals surface area contributed by atoms with E-state index in [9.17, 15) is 4.79 Å². The lowest BCUT2D eigenvalue weighted by molar-refractivity contribution is -0.126. The van der Waals surface area contributed by atoms with Gasteiger partial charge in [0, 0.05) is 17.3 Å². The minimum absolute atomic E-state index is 0.192. The van der Waals surface area contributed by atoms with Gasteiger partial charge in [-0.2, -0.15) is 0 Å². The summed E-state index contributed by atoms with van der Waals surface area (Å²) in [7, 11) is 0. The molecule has 3 heteroatoms. The van der Waals surface area contributed by atoms with Gasteiger partial charge in [0.2, 0.25) is 5.91 Å². The third-order valence-electron chi connectivity index (χ3n) is 3.83. The molecule has 1 atom stereocenters. The number of amides is 1. The standard InChI is InChI=1S/C16H22BrNO/c17-12-15(11-13-7-3-1-4-8-13)18-16(19)14-9-5-2-6-10-14/h1,3-4,7-8,14-15H,2,5-6,9-12H2,(H,18,19). The quantitative estimate of drug-likeness (QED) is 0.823. The van der Waals surface area contributed by atoms with Gasteiger partial charge in [0.25, 0.3) is 0 Å². The summed E-state index contributed by atoms with van der Waals surface area (Å²) in [5.41, 5.74) is 1.27. The fraction of sp³-hybridized carbons (Fsp3) is 0.562. The van der Waals surface area contributed by atoms with E-state index in [1.165, 1.54) is 24.8 Å². The molecular formula is C16H22BrNO. The molecule has 1 N–H and O–H groups in total. The number of carbonyl (C=O) groups excluding carboxylic acids is 1. The van der Waals surface area contributed by atoms with Crippen molar-refractivity contribution in [1.82, 2.24) is 5.32 Å². The van der Waals surface area contributed by atoms with Crippen LogP contribution in [0.4, 0.5) is 0 Å². The van der Waals surface area contributed by atoms with Crippen molar-refractivity contribution in [2.45, 2.75) is 44.6 Å². The highest BCUT2D eigenvalue weighted by molar-refractivity contribution is 9.09. The molecule has 0 heterocycles. The molecule has 0 saturated heterocycles. The second-order valence-corrected chi connectivity index (χ2v) is 6.03. The Labute approximate surface area is 124 Å². The van der Waals surface area contributed by atoms with E-state index in [2.05, 4.69) is 33.4 Å². The van der Waals surface area contributed by atoms with Gasteiger partial charge < -0.3 is 5.32 Å². The van der Waals surface area contributed by atoms with Gasteiger partial charge in [0.05, 0.1) is 0 Å². The Kier molecular flexibility index (Phi) is 5.90. The molecule has 1 saturated carbocycles. The number of hydrogen-bond donors (Lipinski definition) is 1. The highest BCUT2D eigenvalue weighted by Crippen LogP contribution is 2.23. The van der Waals surface area contributed by atoms with Crippen molar-refractivity contribution in [3.05, 3.63) is 35.9 Å². The van der Waals surface area contributed by atoms with Crippen molar-refractivity contribution in [1.29, 1.82) is 0 Å². The van der Waals surface area contributed by atoms with Gasteiger partial charge >= 0.3 is 0 Å². The minimum Gasteiger partial charge on any atom is -0.352 e. The molecule has 0 spiro atoms. The first-order chi connectivity index (χ1) is 9.29. The van der Waals surface area contributed by atoms with E-state index in [1.54, 1.807) is 0 Å². The lowest BCUT2D eigenvalue weighted by atomic mass is 9.88. The lowest BCUT2D eigenvalue weighted by Crippen LogP contribution is -2.41. The first kappa shape index (κ1) is 14.6. The zero-order valence-electron chi connectivity index (χ0n) is 11.3. The lowest BCUT2D eigenvalue weighted by Gasteiger charge is -2.24. The minimum atomic E-state index is 0.192. The molecule has 1 unspecified atom stereocenters. The molecular weight excluding hydrogens is 302 g/mol. The van der Waals surface area contributed by atoms with E-state index in [0.29, 0.717) is 0 Å². The van der Waals surface area contributed by atoms with Crippen molar-refractivity contribution in [3.63, 3.8) is 0 Å². The molecule has 1 fully saturated rings. The number of nitrogens with one attached hydrogen (secondary N) is 1. The fourth-order valence-electron chi connectivity index (χ4n) is 2.73. The Hall–Kier alpha value is -0.830. The summed E-state index contributed by atoms with van der Waals surface area (Å²) in [6, 6.07) is 10.5. The van der Waals surface area contributed by atoms with E-state index in [0.717, 1.165) is 24.6 Å². The molecule has 1 aromatic rings. The summed E-state index contributed by atoms with van der Waals surface area (Å²) in [4.78, 5) is 12.2. The molecule has 2 nitrogen and oxygen atoms in total. The molecule has 104 valence electrons. The molecule has 1 amide bonds. The average Bonchev–Trinajstić information content (AvgIpc) is 2.48. The Bertz CT molecular complexity index is 387. The molecule has 19 heavy (non-hydrogen) atoms. The summed E-state index contributed by atoms with van der Waals surface area (Å²) in [5, 5.41) is 4.00. The first-order valence-electron chi connectivity index (χ1n) is 7.20. The molecule has 1 aromatic carbocycles. The van der Waals surface area contributed by atoms with Crippen molar-refractivity contribution in [2.75, 3.05) is 5.33 Å². The predicted octanol–water partition coefficient (Wildman–Crippen LogP) is 3.69.